The van der Waals surface area contributed by atoms with Crippen molar-refractivity contribution >= 4 is 5.82 Å². The van der Waals surface area contributed by atoms with Crippen LogP contribution in [0.25, 0.3) is 0 Å². The summed E-state index contributed by atoms with van der Waals surface area (Å²) in [6.45, 7) is 1.70. The maximum Gasteiger partial charge on any atom is 0.166 e. The van der Waals surface area contributed by atoms with Gasteiger partial charge in [0.25, 0.3) is 0 Å². The van der Waals surface area contributed by atoms with Crippen molar-refractivity contribution in [2.75, 3.05) is 18.5 Å². The molecule has 1 aliphatic rings. The first-order valence-corrected chi connectivity index (χ1v) is 6.35. The molecule has 0 atom stereocenters. The molecule has 5 nitrogen and oxygen atoms in total. The standard InChI is InChI=1S/C15H13N3O2/c16-9-12-4-2-6-14(18-12)17-10-11-3-1-5-13-15(11)20-8-7-19-13/h1-6H,7-8,10H2,(H,17,18). The zero-order valence-electron chi connectivity index (χ0n) is 10.8. The van der Waals surface area contributed by atoms with Gasteiger partial charge in [0.2, 0.25) is 0 Å². The van der Waals surface area contributed by atoms with Gasteiger partial charge in [-0.05, 0) is 18.2 Å². The second-order valence-corrected chi connectivity index (χ2v) is 4.31. The molecule has 5 heteroatoms. The summed E-state index contributed by atoms with van der Waals surface area (Å²) < 4.78 is 11.2. The smallest absolute Gasteiger partial charge is 0.166 e. The lowest BCUT2D eigenvalue weighted by Crippen LogP contribution is -2.17. The van der Waals surface area contributed by atoms with Crippen LogP contribution in [0.1, 0.15) is 11.3 Å². The van der Waals surface area contributed by atoms with Gasteiger partial charge in [0.15, 0.2) is 11.5 Å². The Bertz CT molecular complexity index is 664. The number of fused-ring (bicyclic) bond motifs is 1. The molecule has 20 heavy (non-hydrogen) atoms. The van der Waals surface area contributed by atoms with E-state index >= 15 is 0 Å². The van der Waals surface area contributed by atoms with Crippen LogP contribution in [0.4, 0.5) is 5.82 Å². The predicted octanol–water partition coefficient (Wildman–Crippen LogP) is 2.34. The quantitative estimate of drug-likeness (QED) is 0.924. The number of benzene rings is 1. The van der Waals surface area contributed by atoms with E-state index in [1.54, 1.807) is 12.1 Å². The number of nitrogens with one attached hydrogen (secondary N) is 1. The highest BCUT2D eigenvalue weighted by Crippen LogP contribution is 2.33. The second kappa shape index (κ2) is 5.49. The van der Waals surface area contributed by atoms with Crippen LogP contribution < -0.4 is 14.8 Å². The second-order valence-electron chi connectivity index (χ2n) is 4.31. The summed E-state index contributed by atoms with van der Waals surface area (Å²) in [7, 11) is 0. The number of nitriles is 1. The number of rotatable bonds is 3. The molecule has 0 aliphatic carbocycles. The first kappa shape index (κ1) is 12.3. The van der Waals surface area contributed by atoms with Crippen molar-refractivity contribution < 1.29 is 9.47 Å². The number of pyridine rings is 1. The van der Waals surface area contributed by atoms with E-state index in [2.05, 4.69) is 10.3 Å². The third kappa shape index (κ3) is 2.50. The zero-order chi connectivity index (χ0) is 13.8. The van der Waals surface area contributed by atoms with Crippen molar-refractivity contribution in [3.63, 3.8) is 0 Å². The van der Waals surface area contributed by atoms with Gasteiger partial charge in [-0.25, -0.2) is 4.98 Å². The van der Waals surface area contributed by atoms with E-state index in [0.29, 0.717) is 31.3 Å². The van der Waals surface area contributed by atoms with Gasteiger partial charge in [0.05, 0.1) is 0 Å². The summed E-state index contributed by atoms with van der Waals surface area (Å²) in [4.78, 5) is 4.17. The fourth-order valence-corrected chi connectivity index (χ4v) is 2.05. The van der Waals surface area contributed by atoms with Crippen LogP contribution in [0.15, 0.2) is 36.4 Å². The number of ether oxygens (including phenoxy) is 2. The SMILES string of the molecule is N#Cc1cccc(NCc2cccc3c2OCCO3)n1. The molecule has 1 N–H and O–H groups in total. The average Bonchev–Trinajstić information content (AvgIpc) is 2.53. The van der Waals surface area contributed by atoms with Crippen molar-refractivity contribution in [3.05, 3.63) is 47.7 Å². The Kier molecular flexibility index (Phi) is 3.38. The minimum Gasteiger partial charge on any atom is -0.486 e. The molecule has 0 saturated heterocycles. The first-order chi connectivity index (χ1) is 9.86. The Morgan fingerprint density at radius 2 is 2.00 bits per heavy atom. The molecule has 1 aromatic carbocycles. The number of para-hydroxylation sites is 1. The molecule has 0 radical (unpaired) electrons. The van der Waals surface area contributed by atoms with Crippen molar-refractivity contribution in [1.29, 1.82) is 5.26 Å². The predicted molar refractivity (Wildman–Crippen MR) is 73.7 cm³/mol. The maximum absolute atomic E-state index is 8.83. The Labute approximate surface area is 116 Å². The fraction of sp³-hybridized carbons (Fsp3) is 0.200. The lowest BCUT2D eigenvalue weighted by atomic mass is 10.1. The average molecular weight is 267 g/mol. The Morgan fingerprint density at radius 1 is 1.15 bits per heavy atom. The zero-order valence-corrected chi connectivity index (χ0v) is 10.8. The highest BCUT2D eigenvalue weighted by molar-refractivity contribution is 5.49. The molecular formula is C15H13N3O2. The molecule has 0 fully saturated rings. The van der Waals surface area contributed by atoms with Crippen molar-refractivity contribution in [1.82, 2.24) is 4.98 Å². The van der Waals surface area contributed by atoms with Crippen molar-refractivity contribution in [2.24, 2.45) is 0 Å². The largest absolute Gasteiger partial charge is 0.486 e. The molecule has 0 amide bonds. The summed E-state index contributed by atoms with van der Waals surface area (Å²) in [5.74, 6) is 2.22. The van der Waals surface area contributed by atoms with Gasteiger partial charge >= 0.3 is 0 Å². The van der Waals surface area contributed by atoms with Gasteiger partial charge in [0, 0.05) is 12.1 Å². The van der Waals surface area contributed by atoms with E-state index in [1.807, 2.05) is 30.3 Å². The number of anilines is 1. The Morgan fingerprint density at radius 3 is 2.90 bits per heavy atom. The Hall–Kier alpha value is -2.74. The van der Waals surface area contributed by atoms with Crippen molar-refractivity contribution in [3.8, 4) is 17.6 Å². The van der Waals surface area contributed by atoms with Crippen LogP contribution in [0, 0.1) is 11.3 Å². The molecule has 0 bridgehead atoms. The Balaban J connectivity index is 1.77. The lowest BCUT2D eigenvalue weighted by Gasteiger charge is -2.21. The van der Waals surface area contributed by atoms with Gasteiger partial charge in [-0.2, -0.15) is 5.26 Å². The molecule has 0 unspecified atom stereocenters. The molecular weight excluding hydrogens is 254 g/mol. The van der Waals surface area contributed by atoms with Gasteiger partial charge in [-0.1, -0.05) is 18.2 Å². The highest BCUT2D eigenvalue weighted by atomic mass is 16.6. The highest BCUT2D eigenvalue weighted by Gasteiger charge is 2.15. The minimum atomic E-state index is 0.393. The summed E-state index contributed by atoms with van der Waals surface area (Å²) in [5.41, 5.74) is 1.40. The fourth-order valence-electron chi connectivity index (χ4n) is 2.05. The monoisotopic (exact) mass is 267 g/mol. The first-order valence-electron chi connectivity index (χ1n) is 6.35. The van der Waals surface area contributed by atoms with Gasteiger partial charge in [-0.15, -0.1) is 0 Å². The molecule has 3 rings (SSSR count). The third-order valence-electron chi connectivity index (χ3n) is 2.97. The maximum atomic E-state index is 8.83. The van der Waals surface area contributed by atoms with Gasteiger partial charge in [-0.3, -0.25) is 0 Å². The molecule has 0 saturated carbocycles. The molecule has 1 aromatic heterocycles. The van der Waals surface area contributed by atoms with E-state index < -0.39 is 0 Å². The van der Waals surface area contributed by atoms with E-state index in [0.717, 1.165) is 17.1 Å². The van der Waals surface area contributed by atoms with Crippen LogP contribution in [0.5, 0.6) is 11.5 Å². The minimum absolute atomic E-state index is 0.393. The van der Waals surface area contributed by atoms with Crippen LogP contribution in [-0.4, -0.2) is 18.2 Å². The normalized spacial score (nSPS) is 12.6. The molecule has 2 aromatic rings. The number of aromatic nitrogens is 1. The van der Waals surface area contributed by atoms with E-state index in [4.69, 9.17) is 14.7 Å². The third-order valence-corrected chi connectivity index (χ3v) is 2.97. The van der Waals surface area contributed by atoms with Gasteiger partial charge in [0.1, 0.15) is 30.8 Å². The number of hydrogen-bond acceptors (Lipinski definition) is 5. The number of nitrogens with zero attached hydrogens (tertiary/aromatic N) is 2. The van der Waals surface area contributed by atoms with E-state index in [9.17, 15) is 0 Å². The topological polar surface area (TPSA) is 67.2 Å². The molecule has 2 heterocycles. The summed E-state index contributed by atoms with van der Waals surface area (Å²) >= 11 is 0. The van der Waals surface area contributed by atoms with Crippen LogP contribution >= 0.6 is 0 Å². The summed E-state index contributed by atoms with van der Waals surface area (Å²) in [6, 6.07) is 13.1. The van der Waals surface area contributed by atoms with Crippen LogP contribution in [0.3, 0.4) is 0 Å². The van der Waals surface area contributed by atoms with Crippen molar-refractivity contribution in [2.45, 2.75) is 6.54 Å². The number of hydrogen-bond donors (Lipinski definition) is 1. The van der Waals surface area contributed by atoms with Gasteiger partial charge < -0.3 is 14.8 Å². The van der Waals surface area contributed by atoms with Crippen LogP contribution in [-0.2, 0) is 6.54 Å². The van der Waals surface area contributed by atoms with E-state index in [1.165, 1.54) is 0 Å². The molecule has 1 aliphatic heterocycles. The summed E-state index contributed by atoms with van der Waals surface area (Å²) in [6.07, 6.45) is 0. The van der Waals surface area contributed by atoms with E-state index in [-0.39, 0.29) is 0 Å². The molecule has 0 spiro atoms. The summed E-state index contributed by atoms with van der Waals surface area (Å²) in [5, 5.41) is 12.0. The lowest BCUT2D eigenvalue weighted by molar-refractivity contribution is 0.170. The van der Waals surface area contributed by atoms with Crippen LogP contribution in [0.2, 0.25) is 0 Å². The molecule has 100 valence electrons.